The van der Waals surface area contributed by atoms with Gasteiger partial charge in [0.1, 0.15) is 5.82 Å². The van der Waals surface area contributed by atoms with Crippen LogP contribution in [0.4, 0.5) is 9.52 Å². The van der Waals surface area contributed by atoms with Gasteiger partial charge in [-0.05, 0) is 24.6 Å². The molecule has 1 amide bonds. The van der Waals surface area contributed by atoms with Crippen LogP contribution in [-0.2, 0) is 4.79 Å². The lowest BCUT2D eigenvalue weighted by Crippen LogP contribution is -2.25. The SMILES string of the molecule is CCCNC(=O)CCNc1nc2ccc(F)cc2s1. The molecule has 0 radical (unpaired) electrons. The highest BCUT2D eigenvalue weighted by Crippen LogP contribution is 2.26. The molecule has 0 saturated carbocycles. The van der Waals surface area contributed by atoms with Crippen molar-refractivity contribution in [1.29, 1.82) is 0 Å². The lowest BCUT2D eigenvalue weighted by molar-refractivity contribution is -0.120. The van der Waals surface area contributed by atoms with Crippen molar-refractivity contribution in [3.63, 3.8) is 0 Å². The molecule has 4 nitrogen and oxygen atoms in total. The van der Waals surface area contributed by atoms with Crippen molar-refractivity contribution >= 4 is 32.6 Å². The van der Waals surface area contributed by atoms with Crippen molar-refractivity contribution in [2.75, 3.05) is 18.4 Å². The number of fused-ring (bicyclic) bond motifs is 1. The molecule has 19 heavy (non-hydrogen) atoms. The zero-order valence-corrected chi connectivity index (χ0v) is 11.5. The van der Waals surface area contributed by atoms with E-state index in [9.17, 15) is 9.18 Å². The van der Waals surface area contributed by atoms with Gasteiger partial charge < -0.3 is 10.6 Å². The lowest BCUT2D eigenvalue weighted by Gasteiger charge is -2.03. The summed E-state index contributed by atoms with van der Waals surface area (Å²) in [7, 11) is 0. The van der Waals surface area contributed by atoms with E-state index in [1.807, 2.05) is 6.92 Å². The summed E-state index contributed by atoms with van der Waals surface area (Å²) in [6.45, 7) is 3.25. The summed E-state index contributed by atoms with van der Waals surface area (Å²) in [5, 5.41) is 6.60. The lowest BCUT2D eigenvalue weighted by atomic mass is 10.3. The molecule has 1 aromatic heterocycles. The van der Waals surface area contributed by atoms with Gasteiger partial charge in [0.15, 0.2) is 5.13 Å². The third kappa shape index (κ3) is 3.89. The number of benzene rings is 1. The smallest absolute Gasteiger partial charge is 0.221 e. The Kier molecular flexibility index (Phi) is 4.68. The van der Waals surface area contributed by atoms with Crippen LogP contribution < -0.4 is 10.6 Å². The predicted octanol–water partition coefficient (Wildman–Crippen LogP) is 2.76. The number of hydrogen-bond donors (Lipinski definition) is 2. The second-order valence-electron chi connectivity index (χ2n) is 4.16. The molecule has 0 aliphatic carbocycles. The largest absolute Gasteiger partial charge is 0.361 e. The van der Waals surface area contributed by atoms with Crippen LogP contribution in [0.5, 0.6) is 0 Å². The van der Waals surface area contributed by atoms with Crippen LogP contribution in [0.3, 0.4) is 0 Å². The van der Waals surface area contributed by atoms with Gasteiger partial charge in [0.25, 0.3) is 0 Å². The fourth-order valence-corrected chi connectivity index (χ4v) is 2.53. The molecule has 1 aromatic carbocycles. The van der Waals surface area contributed by atoms with Crippen molar-refractivity contribution < 1.29 is 9.18 Å². The number of carbonyl (C=O) groups excluding carboxylic acids is 1. The molecule has 0 aliphatic heterocycles. The van der Waals surface area contributed by atoms with Crippen LogP contribution in [0, 0.1) is 5.82 Å². The third-order valence-corrected chi connectivity index (χ3v) is 3.53. The van der Waals surface area contributed by atoms with Crippen LogP contribution >= 0.6 is 11.3 Å². The number of halogens is 1. The Hall–Kier alpha value is -1.69. The van der Waals surface area contributed by atoms with Crippen LogP contribution in [0.15, 0.2) is 18.2 Å². The summed E-state index contributed by atoms with van der Waals surface area (Å²) in [4.78, 5) is 15.7. The third-order valence-electron chi connectivity index (χ3n) is 2.55. The van der Waals surface area contributed by atoms with Gasteiger partial charge in [-0.2, -0.15) is 0 Å². The summed E-state index contributed by atoms with van der Waals surface area (Å²) in [6, 6.07) is 4.51. The number of hydrogen-bond acceptors (Lipinski definition) is 4. The van der Waals surface area contributed by atoms with Gasteiger partial charge in [-0.1, -0.05) is 18.3 Å². The molecule has 0 saturated heterocycles. The van der Waals surface area contributed by atoms with Crippen LogP contribution in [0.25, 0.3) is 10.2 Å². The van der Waals surface area contributed by atoms with Gasteiger partial charge in [0, 0.05) is 19.5 Å². The minimum Gasteiger partial charge on any atom is -0.361 e. The Labute approximate surface area is 115 Å². The van der Waals surface area contributed by atoms with E-state index in [-0.39, 0.29) is 11.7 Å². The number of nitrogens with zero attached hydrogens (tertiary/aromatic N) is 1. The van der Waals surface area contributed by atoms with Crippen LogP contribution in [0.2, 0.25) is 0 Å². The average molecular weight is 281 g/mol. The molecule has 0 atom stereocenters. The number of anilines is 1. The van der Waals surface area contributed by atoms with Gasteiger partial charge in [-0.15, -0.1) is 0 Å². The Morgan fingerprint density at radius 1 is 1.42 bits per heavy atom. The van der Waals surface area contributed by atoms with E-state index >= 15 is 0 Å². The fraction of sp³-hybridized carbons (Fsp3) is 0.385. The molecular weight excluding hydrogens is 265 g/mol. The summed E-state index contributed by atoms with van der Waals surface area (Å²) in [5.41, 5.74) is 0.768. The number of thiazole rings is 1. The minimum atomic E-state index is -0.262. The highest BCUT2D eigenvalue weighted by molar-refractivity contribution is 7.22. The molecule has 2 rings (SSSR count). The number of amides is 1. The van der Waals surface area contributed by atoms with E-state index in [4.69, 9.17) is 0 Å². The predicted molar refractivity (Wildman–Crippen MR) is 76.0 cm³/mol. The molecule has 2 N–H and O–H groups in total. The highest BCUT2D eigenvalue weighted by Gasteiger charge is 2.05. The molecule has 102 valence electrons. The summed E-state index contributed by atoms with van der Waals surface area (Å²) >= 11 is 1.39. The molecule has 6 heteroatoms. The van der Waals surface area contributed by atoms with Crippen molar-refractivity contribution in [1.82, 2.24) is 10.3 Å². The van der Waals surface area contributed by atoms with Crippen molar-refractivity contribution in [3.8, 4) is 0 Å². The van der Waals surface area contributed by atoms with Gasteiger partial charge >= 0.3 is 0 Å². The highest BCUT2D eigenvalue weighted by atomic mass is 32.1. The molecule has 0 spiro atoms. The second-order valence-corrected chi connectivity index (χ2v) is 5.19. The normalized spacial score (nSPS) is 10.6. The quantitative estimate of drug-likeness (QED) is 0.856. The van der Waals surface area contributed by atoms with E-state index in [0.717, 1.165) is 16.6 Å². The van der Waals surface area contributed by atoms with E-state index < -0.39 is 0 Å². The van der Waals surface area contributed by atoms with E-state index in [0.29, 0.717) is 24.6 Å². The Morgan fingerprint density at radius 2 is 2.26 bits per heavy atom. The molecule has 0 fully saturated rings. The zero-order valence-electron chi connectivity index (χ0n) is 10.7. The maximum Gasteiger partial charge on any atom is 0.221 e. The summed E-state index contributed by atoms with van der Waals surface area (Å²) in [6.07, 6.45) is 1.34. The topological polar surface area (TPSA) is 54.0 Å². The molecule has 0 aliphatic rings. The maximum absolute atomic E-state index is 13.0. The molecule has 1 heterocycles. The first-order valence-electron chi connectivity index (χ1n) is 6.25. The summed E-state index contributed by atoms with van der Waals surface area (Å²) < 4.78 is 13.8. The van der Waals surface area contributed by atoms with E-state index in [2.05, 4.69) is 15.6 Å². The van der Waals surface area contributed by atoms with Gasteiger partial charge in [-0.25, -0.2) is 9.37 Å². The first-order chi connectivity index (χ1) is 9.19. The average Bonchev–Trinajstić information content (AvgIpc) is 2.78. The fourth-order valence-electron chi connectivity index (χ4n) is 1.61. The molecule has 0 bridgehead atoms. The number of carbonyl (C=O) groups is 1. The molecule has 0 unspecified atom stereocenters. The van der Waals surface area contributed by atoms with Gasteiger partial charge in [0.2, 0.25) is 5.91 Å². The van der Waals surface area contributed by atoms with Crippen molar-refractivity contribution in [3.05, 3.63) is 24.0 Å². The number of aromatic nitrogens is 1. The van der Waals surface area contributed by atoms with Crippen molar-refractivity contribution in [2.24, 2.45) is 0 Å². The molecule has 2 aromatic rings. The van der Waals surface area contributed by atoms with Gasteiger partial charge in [0.05, 0.1) is 10.2 Å². The summed E-state index contributed by atoms with van der Waals surface area (Å²) in [5.74, 6) is -0.233. The monoisotopic (exact) mass is 281 g/mol. The Balaban J connectivity index is 1.86. The number of rotatable bonds is 6. The van der Waals surface area contributed by atoms with Crippen molar-refractivity contribution in [2.45, 2.75) is 19.8 Å². The van der Waals surface area contributed by atoms with E-state index in [1.54, 1.807) is 6.07 Å². The Bertz CT molecular complexity index is 570. The standard InChI is InChI=1S/C13H16FN3OS/c1-2-6-15-12(18)5-7-16-13-17-10-4-3-9(14)8-11(10)19-13/h3-4,8H,2,5-7H2,1H3,(H,15,18)(H,16,17). The first kappa shape index (κ1) is 13.7. The minimum absolute atomic E-state index is 0.0292. The zero-order chi connectivity index (χ0) is 13.7. The second kappa shape index (κ2) is 6.47. The number of nitrogens with one attached hydrogen (secondary N) is 2. The first-order valence-corrected chi connectivity index (χ1v) is 7.07. The maximum atomic E-state index is 13.0. The van der Waals surface area contributed by atoms with Crippen LogP contribution in [0.1, 0.15) is 19.8 Å². The van der Waals surface area contributed by atoms with E-state index in [1.165, 1.54) is 23.5 Å². The van der Waals surface area contributed by atoms with Crippen LogP contribution in [-0.4, -0.2) is 24.0 Å². The molecular formula is C13H16FN3OS. The van der Waals surface area contributed by atoms with Gasteiger partial charge in [-0.3, -0.25) is 4.79 Å². The Morgan fingerprint density at radius 3 is 3.05 bits per heavy atom.